The van der Waals surface area contributed by atoms with Gasteiger partial charge in [0.15, 0.2) is 0 Å². The second-order valence-corrected chi connectivity index (χ2v) is 3.56. The summed E-state index contributed by atoms with van der Waals surface area (Å²) in [5.41, 5.74) is -0.200. The summed E-state index contributed by atoms with van der Waals surface area (Å²) in [6, 6.07) is 0. The zero-order valence-electron chi connectivity index (χ0n) is 7.68. The van der Waals surface area contributed by atoms with E-state index in [1.807, 2.05) is 0 Å². The van der Waals surface area contributed by atoms with Gasteiger partial charge < -0.3 is 15.2 Å². The highest BCUT2D eigenvalue weighted by Gasteiger charge is 2.22. The largest absolute Gasteiger partial charge is 0.491 e. The van der Waals surface area contributed by atoms with Crippen molar-refractivity contribution in [1.82, 2.24) is 9.78 Å². The average molecular weight is 184 g/mol. The van der Waals surface area contributed by atoms with Gasteiger partial charge in [-0.15, -0.1) is 0 Å². The maximum atomic E-state index is 9.01. The highest BCUT2D eigenvalue weighted by Crippen LogP contribution is 2.10. The number of nitrogens with zero attached hydrogens (tertiary/aromatic N) is 2. The predicted octanol–water partition coefficient (Wildman–Crippen LogP) is -1.71. The van der Waals surface area contributed by atoms with Gasteiger partial charge in [-0.1, -0.05) is 0 Å². The lowest BCUT2D eigenvalue weighted by Gasteiger charge is -2.22. The first-order valence-electron chi connectivity index (χ1n) is 3.99. The Morgan fingerprint density at radius 3 is 2.54 bits per heavy atom. The standard InChI is InChI=1S/C7H13BN2O3/c1-7(2,5-11)10-4-6(3-9-10)8(12)13/h3-4,11-13H,5H2,1-2H3. The van der Waals surface area contributed by atoms with E-state index in [0.29, 0.717) is 5.46 Å². The van der Waals surface area contributed by atoms with Crippen LogP contribution >= 0.6 is 0 Å². The molecular weight excluding hydrogens is 171 g/mol. The van der Waals surface area contributed by atoms with Gasteiger partial charge in [0.25, 0.3) is 0 Å². The molecule has 1 heterocycles. The molecule has 0 aromatic carbocycles. The van der Waals surface area contributed by atoms with Crippen LogP contribution < -0.4 is 5.46 Å². The lowest BCUT2D eigenvalue weighted by molar-refractivity contribution is 0.152. The fourth-order valence-corrected chi connectivity index (χ4v) is 0.874. The molecule has 0 saturated heterocycles. The molecule has 0 unspecified atom stereocenters. The SMILES string of the molecule is CC(C)(CO)n1cc(B(O)O)cn1. The minimum absolute atomic E-state index is 0.0599. The van der Waals surface area contributed by atoms with Gasteiger partial charge >= 0.3 is 7.12 Å². The number of aliphatic hydroxyl groups is 1. The summed E-state index contributed by atoms with van der Waals surface area (Å²) in [7, 11) is -1.51. The van der Waals surface area contributed by atoms with Gasteiger partial charge in [-0.2, -0.15) is 5.10 Å². The Bertz CT molecular complexity index is 285. The molecule has 6 heteroatoms. The molecule has 1 aromatic rings. The van der Waals surface area contributed by atoms with Crippen LogP contribution in [0, 0.1) is 0 Å². The van der Waals surface area contributed by atoms with E-state index in [1.54, 1.807) is 13.8 Å². The molecule has 0 aliphatic carbocycles. The molecule has 0 bridgehead atoms. The monoisotopic (exact) mass is 184 g/mol. The van der Waals surface area contributed by atoms with Gasteiger partial charge in [0, 0.05) is 17.9 Å². The van der Waals surface area contributed by atoms with Crippen molar-refractivity contribution in [2.75, 3.05) is 6.61 Å². The smallest absolute Gasteiger partial charge is 0.423 e. The third kappa shape index (κ3) is 2.09. The van der Waals surface area contributed by atoms with Crippen LogP contribution in [0.25, 0.3) is 0 Å². The molecule has 0 amide bonds. The Labute approximate surface area is 76.8 Å². The van der Waals surface area contributed by atoms with Crippen LogP contribution in [0.15, 0.2) is 12.4 Å². The summed E-state index contributed by atoms with van der Waals surface area (Å²) < 4.78 is 1.50. The van der Waals surface area contributed by atoms with Gasteiger partial charge in [-0.05, 0) is 13.8 Å². The lowest BCUT2D eigenvalue weighted by Crippen LogP contribution is -2.33. The fraction of sp³-hybridized carbons (Fsp3) is 0.571. The zero-order chi connectivity index (χ0) is 10.1. The van der Waals surface area contributed by atoms with Crippen LogP contribution in [0.1, 0.15) is 13.8 Å². The number of aromatic nitrogens is 2. The molecule has 0 radical (unpaired) electrons. The van der Waals surface area contributed by atoms with Crippen molar-refractivity contribution in [3.63, 3.8) is 0 Å². The summed E-state index contributed by atoms with van der Waals surface area (Å²) >= 11 is 0. The van der Waals surface area contributed by atoms with Crippen molar-refractivity contribution in [3.05, 3.63) is 12.4 Å². The lowest BCUT2D eigenvalue weighted by atomic mass is 9.83. The third-order valence-corrected chi connectivity index (χ3v) is 1.91. The molecule has 5 nitrogen and oxygen atoms in total. The van der Waals surface area contributed by atoms with Crippen molar-refractivity contribution >= 4 is 12.6 Å². The van der Waals surface area contributed by atoms with E-state index in [2.05, 4.69) is 5.10 Å². The minimum atomic E-state index is -1.51. The number of hydrogen-bond acceptors (Lipinski definition) is 4. The van der Waals surface area contributed by atoms with E-state index in [-0.39, 0.29) is 6.61 Å². The van der Waals surface area contributed by atoms with Crippen molar-refractivity contribution in [2.45, 2.75) is 19.4 Å². The van der Waals surface area contributed by atoms with Crippen LogP contribution in [-0.2, 0) is 5.54 Å². The topological polar surface area (TPSA) is 78.5 Å². The molecule has 72 valence electrons. The Morgan fingerprint density at radius 1 is 1.54 bits per heavy atom. The maximum Gasteiger partial charge on any atom is 0.491 e. The van der Waals surface area contributed by atoms with Gasteiger partial charge in [-0.25, -0.2) is 0 Å². The molecule has 1 aromatic heterocycles. The Balaban J connectivity index is 2.91. The van der Waals surface area contributed by atoms with Crippen molar-refractivity contribution < 1.29 is 15.2 Å². The molecule has 3 N–H and O–H groups in total. The molecule has 1 rings (SSSR count). The number of aliphatic hydroxyl groups excluding tert-OH is 1. The van der Waals surface area contributed by atoms with Gasteiger partial charge in [0.1, 0.15) is 0 Å². The van der Waals surface area contributed by atoms with E-state index in [1.165, 1.54) is 17.1 Å². The van der Waals surface area contributed by atoms with Crippen LogP contribution in [0.2, 0.25) is 0 Å². The van der Waals surface area contributed by atoms with Gasteiger partial charge in [-0.3, -0.25) is 4.68 Å². The van der Waals surface area contributed by atoms with Crippen LogP contribution in [0.4, 0.5) is 0 Å². The first kappa shape index (κ1) is 10.2. The summed E-state index contributed by atoms with van der Waals surface area (Å²) in [4.78, 5) is 0. The highest BCUT2D eigenvalue weighted by molar-refractivity contribution is 6.58. The normalized spacial score (nSPS) is 11.8. The number of rotatable bonds is 3. The molecule has 0 spiro atoms. The molecule has 0 fully saturated rings. The Kier molecular flexibility index (Phi) is 2.75. The van der Waals surface area contributed by atoms with Gasteiger partial charge in [0.05, 0.1) is 12.1 Å². The summed E-state index contributed by atoms with van der Waals surface area (Å²) in [5.74, 6) is 0. The zero-order valence-corrected chi connectivity index (χ0v) is 7.68. The van der Waals surface area contributed by atoms with Crippen molar-refractivity contribution in [3.8, 4) is 0 Å². The van der Waals surface area contributed by atoms with E-state index >= 15 is 0 Å². The maximum absolute atomic E-state index is 9.01. The van der Waals surface area contributed by atoms with E-state index in [4.69, 9.17) is 15.2 Å². The summed E-state index contributed by atoms with van der Waals surface area (Å²) in [6.07, 6.45) is 2.86. The molecule has 13 heavy (non-hydrogen) atoms. The Hall–Kier alpha value is -0.845. The average Bonchev–Trinajstić information content (AvgIpc) is 2.52. The van der Waals surface area contributed by atoms with E-state index in [9.17, 15) is 0 Å². The van der Waals surface area contributed by atoms with Gasteiger partial charge in [0.2, 0.25) is 0 Å². The first-order valence-corrected chi connectivity index (χ1v) is 3.99. The molecule has 0 aliphatic rings. The van der Waals surface area contributed by atoms with E-state index in [0.717, 1.165) is 0 Å². The number of hydrogen-bond donors (Lipinski definition) is 3. The Morgan fingerprint density at radius 2 is 2.15 bits per heavy atom. The molecular formula is C7H13BN2O3. The van der Waals surface area contributed by atoms with Crippen LogP contribution in [0.5, 0.6) is 0 Å². The van der Waals surface area contributed by atoms with E-state index < -0.39 is 12.7 Å². The predicted molar refractivity (Wildman–Crippen MR) is 48.5 cm³/mol. The highest BCUT2D eigenvalue weighted by atomic mass is 16.4. The molecule has 0 aliphatic heterocycles. The summed E-state index contributed by atoms with van der Waals surface area (Å²) in [6.45, 7) is 3.54. The van der Waals surface area contributed by atoms with Crippen molar-refractivity contribution in [2.24, 2.45) is 0 Å². The quantitative estimate of drug-likeness (QED) is 0.488. The molecule has 0 saturated carbocycles. The van der Waals surface area contributed by atoms with Crippen LogP contribution in [0.3, 0.4) is 0 Å². The minimum Gasteiger partial charge on any atom is -0.423 e. The van der Waals surface area contributed by atoms with Crippen molar-refractivity contribution in [1.29, 1.82) is 0 Å². The summed E-state index contributed by atoms with van der Waals surface area (Å²) in [5, 5.41) is 30.6. The second-order valence-electron chi connectivity index (χ2n) is 3.56. The third-order valence-electron chi connectivity index (χ3n) is 1.91. The fourth-order valence-electron chi connectivity index (χ4n) is 0.874. The van der Waals surface area contributed by atoms with Crippen LogP contribution in [-0.4, -0.2) is 38.7 Å². The first-order chi connectivity index (χ1) is 5.97. The second kappa shape index (κ2) is 3.49. The molecule has 0 atom stereocenters.